The highest BCUT2D eigenvalue weighted by Gasteiger charge is 2.43. The highest BCUT2D eigenvalue weighted by Crippen LogP contribution is 2.37. The third-order valence-corrected chi connectivity index (χ3v) is 3.41. The Morgan fingerprint density at radius 3 is 1.85 bits per heavy atom. The molecule has 0 amide bonds. The first-order valence-corrected chi connectivity index (χ1v) is 4.95. The summed E-state index contributed by atoms with van der Waals surface area (Å²) in [5.74, 6) is -0.0525. The van der Waals surface area contributed by atoms with Crippen LogP contribution in [0.3, 0.4) is 0 Å². The van der Waals surface area contributed by atoms with Crippen LogP contribution in [0.25, 0.3) is 0 Å². The predicted octanol–water partition coefficient (Wildman–Crippen LogP) is 0.525. The minimum Gasteiger partial charge on any atom is -0.393 e. The van der Waals surface area contributed by atoms with Gasteiger partial charge >= 0.3 is 0 Å². The molecule has 0 heterocycles. The fourth-order valence-electron chi connectivity index (χ4n) is 1.91. The molecule has 0 aromatic heterocycles. The third-order valence-electron chi connectivity index (χ3n) is 3.41. The normalized spacial score (nSPS) is 46.8. The van der Waals surface area contributed by atoms with Gasteiger partial charge in [0.25, 0.3) is 0 Å². The zero-order valence-electron chi connectivity index (χ0n) is 8.57. The Hall–Kier alpha value is -0.120. The molecule has 1 fully saturated rings. The Morgan fingerprint density at radius 2 is 1.54 bits per heavy atom. The topological polar surface area (TPSA) is 60.7 Å². The quantitative estimate of drug-likeness (QED) is 0.562. The maximum atomic E-state index is 10.1. The standard InChI is InChI=1S/C10H20O3/c1-6(2)10(13)4-8(11)7(3)9(12)5-10/h6-9,11-13H,4-5H2,1-3H3/t7?,8-,9-,10?/m1/s1. The summed E-state index contributed by atoms with van der Waals surface area (Å²) in [7, 11) is 0. The van der Waals surface area contributed by atoms with Gasteiger partial charge in [-0.1, -0.05) is 20.8 Å². The van der Waals surface area contributed by atoms with Crippen LogP contribution < -0.4 is 0 Å². The summed E-state index contributed by atoms with van der Waals surface area (Å²) in [4.78, 5) is 0. The third kappa shape index (κ3) is 2.03. The van der Waals surface area contributed by atoms with Crippen molar-refractivity contribution in [3.05, 3.63) is 0 Å². The largest absolute Gasteiger partial charge is 0.393 e. The summed E-state index contributed by atoms with van der Waals surface area (Å²) < 4.78 is 0. The van der Waals surface area contributed by atoms with Crippen molar-refractivity contribution in [2.75, 3.05) is 0 Å². The molecule has 0 unspecified atom stereocenters. The van der Waals surface area contributed by atoms with Crippen molar-refractivity contribution < 1.29 is 15.3 Å². The minimum absolute atomic E-state index is 0.0734. The van der Waals surface area contributed by atoms with Gasteiger partial charge in [0.15, 0.2) is 0 Å². The van der Waals surface area contributed by atoms with Crippen LogP contribution >= 0.6 is 0 Å². The van der Waals surface area contributed by atoms with Gasteiger partial charge < -0.3 is 15.3 Å². The van der Waals surface area contributed by atoms with Crippen LogP contribution in [-0.2, 0) is 0 Å². The highest BCUT2D eigenvalue weighted by molar-refractivity contribution is 4.95. The fraction of sp³-hybridized carbons (Fsp3) is 1.00. The van der Waals surface area contributed by atoms with E-state index >= 15 is 0 Å². The summed E-state index contributed by atoms with van der Waals surface area (Å²) in [6.07, 6.45) is -0.418. The molecule has 1 rings (SSSR count). The SMILES string of the molecule is CC1[C@H](O)CC(O)(C(C)C)C[C@H]1O. The first-order valence-electron chi connectivity index (χ1n) is 4.95. The van der Waals surface area contributed by atoms with Crippen molar-refractivity contribution in [2.24, 2.45) is 11.8 Å². The van der Waals surface area contributed by atoms with Crippen molar-refractivity contribution >= 4 is 0 Å². The predicted molar refractivity (Wildman–Crippen MR) is 50.2 cm³/mol. The summed E-state index contributed by atoms with van der Waals surface area (Å²) in [6.45, 7) is 5.64. The van der Waals surface area contributed by atoms with Crippen molar-refractivity contribution in [3.63, 3.8) is 0 Å². The Labute approximate surface area is 79.4 Å². The lowest BCUT2D eigenvalue weighted by molar-refractivity contribution is -0.138. The van der Waals surface area contributed by atoms with E-state index in [1.165, 1.54) is 0 Å². The van der Waals surface area contributed by atoms with Crippen LogP contribution in [-0.4, -0.2) is 33.1 Å². The van der Waals surface area contributed by atoms with Crippen LogP contribution in [0.5, 0.6) is 0 Å². The lowest BCUT2D eigenvalue weighted by atomic mass is 9.71. The molecule has 0 aromatic carbocycles. The highest BCUT2D eigenvalue weighted by atomic mass is 16.3. The molecule has 1 saturated carbocycles. The van der Waals surface area contributed by atoms with Crippen molar-refractivity contribution in [1.29, 1.82) is 0 Å². The maximum absolute atomic E-state index is 10.1. The maximum Gasteiger partial charge on any atom is 0.0719 e. The number of rotatable bonds is 1. The second-order valence-electron chi connectivity index (χ2n) is 4.66. The van der Waals surface area contributed by atoms with Gasteiger partial charge in [-0.3, -0.25) is 0 Å². The van der Waals surface area contributed by atoms with Gasteiger partial charge in [0.1, 0.15) is 0 Å². The summed E-state index contributed by atoms with van der Waals surface area (Å²) in [6, 6.07) is 0. The van der Waals surface area contributed by atoms with Crippen LogP contribution in [0.15, 0.2) is 0 Å². The molecular weight excluding hydrogens is 168 g/mol. The van der Waals surface area contributed by atoms with Gasteiger partial charge in [0.05, 0.1) is 17.8 Å². The van der Waals surface area contributed by atoms with Gasteiger partial charge in [-0.15, -0.1) is 0 Å². The smallest absolute Gasteiger partial charge is 0.0719 e. The first-order chi connectivity index (χ1) is 5.87. The molecule has 3 heteroatoms. The number of hydrogen-bond acceptors (Lipinski definition) is 3. The number of hydrogen-bond donors (Lipinski definition) is 3. The van der Waals surface area contributed by atoms with Gasteiger partial charge in [-0.2, -0.15) is 0 Å². The van der Waals surface area contributed by atoms with E-state index in [2.05, 4.69) is 0 Å². The Balaban J connectivity index is 2.73. The second-order valence-corrected chi connectivity index (χ2v) is 4.66. The van der Waals surface area contributed by atoms with E-state index in [1.54, 1.807) is 0 Å². The monoisotopic (exact) mass is 188 g/mol. The molecule has 0 bridgehead atoms. The zero-order valence-corrected chi connectivity index (χ0v) is 8.57. The average Bonchev–Trinajstić information content (AvgIpc) is 2.00. The molecular formula is C10H20O3. The first kappa shape index (κ1) is 11.0. The van der Waals surface area contributed by atoms with Crippen LogP contribution in [0, 0.1) is 11.8 Å². The van der Waals surface area contributed by atoms with Gasteiger partial charge in [0.2, 0.25) is 0 Å². The Morgan fingerprint density at radius 1 is 1.15 bits per heavy atom. The lowest BCUT2D eigenvalue weighted by Gasteiger charge is -2.43. The summed E-state index contributed by atoms with van der Waals surface area (Å²) >= 11 is 0. The summed E-state index contributed by atoms with van der Waals surface area (Å²) in [5.41, 5.74) is -0.897. The molecule has 1 aliphatic carbocycles. The van der Waals surface area contributed by atoms with E-state index in [0.717, 1.165) is 0 Å². The molecule has 0 aromatic rings. The van der Waals surface area contributed by atoms with Crippen LogP contribution in [0.2, 0.25) is 0 Å². The van der Waals surface area contributed by atoms with E-state index in [4.69, 9.17) is 0 Å². The number of aliphatic hydroxyl groups is 3. The molecule has 3 nitrogen and oxygen atoms in total. The summed E-state index contributed by atoms with van der Waals surface area (Å²) in [5, 5.41) is 29.3. The van der Waals surface area contributed by atoms with E-state index in [1.807, 2.05) is 20.8 Å². The molecule has 0 radical (unpaired) electrons. The van der Waals surface area contributed by atoms with Crippen molar-refractivity contribution in [2.45, 2.75) is 51.4 Å². The fourth-order valence-corrected chi connectivity index (χ4v) is 1.91. The molecule has 0 spiro atoms. The van der Waals surface area contributed by atoms with E-state index in [9.17, 15) is 15.3 Å². The van der Waals surface area contributed by atoms with Crippen LogP contribution in [0.4, 0.5) is 0 Å². The van der Waals surface area contributed by atoms with E-state index in [0.29, 0.717) is 12.8 Å². The molecule has 13 heavy (non-hydrogen) atoms. The molecule has 2 atom stereocenters. The van der Waals surface area contributed by atoms with Gasteiger partial charge in [-0.05, 0) is 5.92 Å². The molecule has 0 saturated heterocycles. The molecule has 3 N–H and O–H groups in total. The van der Waals surface area contributed by atoms with Gasteiger partial charge in [-0.25, -0.2) is 0 Å². The second kappa shape index (κ2) is 3.56. The van der Waals surface area contributed by atoms with Crippen molar-refractivity contribution in [3.8, 4) is 0 Å². The molecule has 1 aliphatic rings. The average molecular weight is 188 g/mol. The minimum atomic E-state index is -0.897. The van der Waals surface area contributed by atoms with Gasteiger partial charge in [0, 0.05) is 18.8 Å². The molecule has 78 valence electrons. The Bertz CT molecular complexity index is 167. The van der Waals surface area contributed by atoms with Crippen LogP contribution in [0.1, 0.15) is 33.6 Å². The lowest BCUT2D eigenvalue weighted by Crippen LogP contribution is -2.51. The number of aliphatic hydroxyl groups excluding tert-OH is 2. The van der Waals surface area contributed by atoms with E-state index < -0.39 is 17.8 Å². The molecule has 0 aliphatic heterocycles. The zero-order chi connectivity index (χ0) is 10.2. The van der Waals surface area contributed by atoms with E-state index in [-0.39, 0.29) is 11.8 Å². The van der Waals surface area contributed by atoms with Crippen molar-refractivity contribution in [1.82, 2.24) is 0 Å². The Kier molecular flexibility index (Phi) is 3.00.